The molecular weight excluding hydrogens is 336 g/mol. The van der Waals surface area contributed by atoms with Crippen LogP contribution in [0.3, 0.4) is 0 Å². The standard InChI is InChI=1S/C17H18N6OS/c24-15(12-25-17-21-20-16-18-8-3-11-23(16)17)19-13-4-6-14(7-5-13)22-9-1-2-10-22/h3-8,11H,1-2,9-10,12H2,(H,19,24). The van der Waals surface area contributed by atoms with Crippen LogP contribution in [0.2, 0.25) is 0 Å². The van der Waals surface area contributed by atoms with Crippen molar-refractivity contribution in [2.45, 2.75) is 18.0 Å². The zero-order chi connectivity index (χ0) is 17.1. The highest BCUT2D eigenvalue weighted by atomic mass is 32.2. The Labute approximate surface area is 149 Å². The van der Waals surface area contributed by atoms with Gasteiger partial charge in [-0.25, -0.2) is 4.98 Å². The Hall–Kier alpha value is -2.61. The number of hydrogen-bond donors (Lipinski definition) is 1. The lowest BCUT2D eigenvalue weighted by Gasteiger charge is -2.17. The third-order valence-electron chi connectivity index (χ3n) is 4.11. The van der Waals surface area contributed by atoms with Gasteiger partial charge in [-0.2, -0.15) is 0 Å². The minimum absolute atomic E-state index is 0.0698. The molecule has 2 aromatic heterocycles. The Kier molecular flexibility index (Phi) is 4.51. The molecule has 0 aliphatic carbocycles. The van der Waals surface area contributed by atoms with Crippen LogP contribution in [0.1, 0.15) is 12.8 Å². The van der Waals surface area contributed by atoms with Crippen LogP contribution in [0.15, 0.2) is 47.9 Å². The molecule has 1 fully saturated rings. The number of fused-ring (bicyclic) bond motifs is 1. The highest BCUT2D eigenvalue weighted by molar-refractivity contribution is 7.99. The third-order valence-corrected chi connectivity index (χ3v) is 5.06. The van der Waals surface area contributed by atoms with Gasteiger partial charge in [-0.3, -0.25) is 9.20 Å². The topological polar surface area (TPSA) is 75.4 Å². The lowest BCUT2D eigenvalue weighted by molar-refractivity contribution is -0.113. The quantitative estimate of drug-likeness (QED) is 0.710. The van der Waals surface area contributed by atoms with E-state index in [1.165, 1.54) is 30.3 Å². The van der Waals surface area contributed by atoms with E-state index < -0.39 is 0 Å². The molecule has 128 valence electrons. The third kappa shape index (κ3) is 3.58. The van der Waals surface area contributed by atoms with Crippen LogP contribution in [-0.4, -0.2) is 44.3 Å². The average Bonchev–Trinajstić information content (AvgIpc) is 3.31. The van der Waals surface area contributed by atoms with E-state index >= 15 is 0 Å². The summed E-state index contributed by atoms with van der Waals surface area (Å²) in [5, 5.41) is 11.6. The number of nitrogens with zero attached hydrogens (tertiary/aromatic N) is 5. The van der Waals surface area contributed by atoms with Gasteiger partial charge in [0.2, 0.25) is 5.91 Å². The Bertz CT molecular complexity index is 872. The second kappa shape index (κ2) is 7.10. The first kappa shape index (κ1) is 15.9. The molecule has 0 atom stereocenters. The second-order valence-corrected chi connectivity index (χ2v) is 6.79. The molecule has 3 heterocycles. The van der Waals surface area contributed by atoms with E-state index in [1.807, 2.05) is 24.4 Å². The van der Waals surface area contributed by atoms with Crippen molar-refractivity contribution in [2.75, 3.05) is 29.1 Å². The molecule has 1 saturated heterocycles. The lowest BCUT2D eigenvalue weighted by Crippen LogP contribution is -2.18. The number of thioether (sulfide) groups is 1. The van der Waals surface area contributed by atoms with Gasteiger partial charge in [0.25, 0.3) is 5.78 Å². The molecule has 1 amide bonds. The summed E-state index contributed by atoms with van der Waals surface area (Å²) in [7, 11) is 0. The highest BCUT2D eigenvalue weighted by Gasteiger charge is 2.13. The van der Waals surface area contributed by atoms with E-state index in [1.54, 1.807) is 10.6 Å². The smallest absolute Gasteiger partial charge is 0.255 e. The van der Waals surface area contributed by atoms with E-state index in [4.69, 9.17) is 0 Å². The molecule has 1 aliphatic rings. The lowest BCUT2D eigenvalue weighted by atomic mass is 10.2. The summed E-state index contributed by atoms with van der Waals surface area (Å²) >= 11 is 1.34. The van der Waals surface area contributed by atoms with Crippen molar-refractivity contribution >= 4 is 34.8 Å². The number of carbonyl (C=O) groups excluding carboxylic acids is 1. The summed E-state index contributed by atoms with van der Waals surface area (Å²) in [6, 6.07) is 9.83. The molecule has 0 bridgehead atoms. The molecule has 1 N–H and O–H groups in total. The van der Waals surface area contributed by atoms with Crippen LogP contribution in [0.4, 0.5) is 11.4 Å². The number of carbonyl (C=O) groups is 1. The fourth-order valence-electron chi connectivity index (χ4n) is 2.88. The number of hydrogen-bond acceptors (Lipinski definition) is 6. The fraction of sp³-hybridized carbons (Fsp3) is 0.294. The molecule has 1 aromatic carbocycles. The first-order valence-electron chi connectivity index (χ1n) is 8.23. The van der Waals surface area contributed by atoms with Crippen molar-refractivity contribution in [3.8, 4) is 0 Å². The predicted octanol–water partition coefficient (Wildman–Crippen LogP) is 2.46. The van der Waals surface area contributed by atoms with Gasteiger partial charge < -0.3 is 10.2 Å². The first-order valence-corrected chi connectivity index (χ1v) is 9.21. The fourth-order valence-corrected chi connectivity index (χ4v) is 3.59. The predicted molar refractivity (Wildman–Crippen MR) is 98.0 cm³/mol. The van der Waals surface area contributed by atoms with Gasteiger partial charge in [0, 0.05) is 36.9 Å². The Morgan fingerprint density at radius 2 is 1.96 bits per heavy atom. The summed E-state index contributed by atoms with van der Waals surface area (Å²) in [6.07, 6.45) is 6.00. The number of nitrogens with one attached hydrogen (secondary N) is 1. The minimum atomic E-state index is -0.0698. The Balaban J connectivity index is 1.34. The van der Waals surface area contributed by atoms with E-state index in [9.17, 15) is 4.79 Å². The molecule has 25 heavy (non-hydrogen) atoms. The van der Waals surface area contributed by atoms with Gasteiger partial charge in [0.15, 0.2) is 5.16 Å². The van der Waals surface area contributed by atoms with Crippen molar-refractivity contribution < 1.29 is 4.79 Å². The molecule has 7 nitrogen and oxygen atoms in total. The molecule has 8 heteroatoms. The summed E-state index contributed by atoms with van der Waals surface area (Å²) in [5.41, 5.74) is 2.02. The van der Waals surface area contributed by atoms with Gasteiger partial charge in [-0.1, -0.05) is 11.8 Å². The summed E-state index contributed by atoms with van der Waals surface area (Å²) < 4.78 is 1.77. The molecular formula is C17H18N6OS. The van der Waals surface area contributed by atoms with E-state index in [-0.39, 0.29) is 11.7 Å². The van der Waals surface area contributed by atoms with Crippen molar-refractivity contribution in [1.29, 1.82) is 0 Å². The first-order chi connectivity index (χ1) is 12.3. The van der Waals surface area contributed by atoms with Gasteiger partial charge in [0.05, 0.1) is 5.75 Å². The van der Waals surface area contributed by atoms with Gasteiger partial charge in [-0.05, 0) is 43.2 Å². The van der Waals surface area contributed by atoms with Crippen molar-refractivity contribution in [2.24, 2.45) is 0 Å². The molecule has 0 radical (unpaired) electrons. The summed E-state index contributed by atoms with van der Waals surface area (Å²) in [4.78, 5) is 18.6. The highest BCUT2D eigenvalue weighted by Crippen LogP contribution is 2.22. The zero-order valence-corrected chi connectivity index (χ0v) is 14.4. The number of aromatic nitrogens is 4. The number of amides is 1. The van der Waals surface area contributed by atoms with Gasteiger partial charge in [0.1, 0.15) is 0 Å². The number of anilines is 2. The van der Waals surface area contributed by atoms with Crippen LogP contribution in [0.25, 0.3) is 5.78 Å². The summed E-state index contributed by atoms with van der Waals surface area (Å²) in [5.74, 6) is 0.728. The van der Waals surface area contributed by atoms with E-state index in [2.05, 4.69) is 37.5 Å². The number of rotatable bonds is 5. The molecule has 1 aliphatic heterocycles. The van der Waals surface area contributed by atoms with Crippen molar-refractivity contribution in [1.82, 2.24) is 19.6 Å². The molecule has 3 aromatic rings. The minimum Gasteiger partial charge on any atom is -0.372 e. The van der Waals surface area contributed by atoms with Crippen molar-refractivity contribution in [3.63, 3.8) is 0 Å². The van der Waals surface area contributed by atoms with E-state index in [0.29, 0.717) is 10.9 Å². The van der Waals surface area contributed by atoms with Crippen LogP contribution >= 0.6 is 11.8 Å². The van der Waals surface area contributed by atoms with Crippen LogP contribution in [0, 0.1) is 0 Å². The monoisotopic (exact) mass is 354 g/mol. The SMILES string of the molecule is O=C(CSc1nnc2ncccn12)Nc1ccc(N2CCCC2)cc1. The Morgan fingerprint density at radius 1 is 1.16 bits per heavy atom. The molecule has 0 spiro atoms. The van der Waals surface area contributed by atoms with Gasteiger partial charge >= 0.3 is 0 Å². The second-order valence-electron chi connectivity index (χ2n) is 5.85. The average molecular weight is 354 g/mol. The molecule has 0 unspecified atom stereocenters. The van der Waals surface area contributed by atoms with Crippen LogP contribution in [0.5, 0.6) is 0 Å². The van der Waals surface area contributed by atoms with E-state index in [0.717, 1.165) is 18.8 Å². The maximum atomic E-state index is 12.2. The normalized spacial score (nSPS) is 14.2. The maximum absolute atomic E-state index is 12.2. The van der Waals surface area contributed by atoms with Crippen molar-refractivity contribution in [3.05, 3.63) is 42.7 Å². The van der Waals surface area contributed by atoms with Crippen LogP contribution < -0.4 is 10.2 Å². The zero-order valence-electron chi connectivity index (χ0n) is 13.6. The molecule has 4 rings (SSSR count). The largest absolute Gasteiger partial charge is 0.372 e. The number of benzene rings is 1. The summed E-state index contributed by atoms with van der Waals surface area (Å²) in [6.45, 7) is 2.23. The Morgan fingerprint density at radius 3 is 2.76 bits per heavy atom. The van der Waals surface area contributed by atoms with Gasteiger partial charge in [-0.15, -0.1) is 10.2 Å². The maximum Gasteiger partial charge on any atom is 0.255 e. The molecule has 0 saturated carbocycles. The van der Waals surface area contributed by atoms with Crippen LogP contribution in [-0.2, 0) is 4.79 Å².